The van der Waals surface area contributed by atoms with Gasteiger partial charge in [-0.25, -0.2) is 0 Å². The van der Waals surface area contributed by atoms with Crippen LogP contribution in [0.15, 0.2) is 36.9 Å². The normalized spacial score (nSPS) is 13.7. The highest BCUT2D eigenvalue weighted by Gasteiger charge is 2.39. The number of hydrogen-bond acceptors (Lipinski definition) is 3. The number of hydrogen-bond donors (Lipinski definition) is 1. The molecule has 1 aliphatic carbocycles. The average Bonchev–Trinajstić information content (AvgIpc) is 3.00. The molecule has 1 heterocycles. The number of amides is 1. The first-order valence-corrected chi connectivity index (χ1v) is 8.68. The number of benzene rings is 1. The summed E-state index contributed by atoms with van der Waals surface area (Å²) in [5, 5.41) is 6.39. The Morgan fingerprint density at radius 1 is 1.30 bits per heavy atom. The van der Waals surface area contributed by atoms with Crippen molar-refractivity contribution in [2.75, 3.05) is 11.9 Å². The number of carbonyl (C=O) groups excluding carboxylic acids is 1. The first-order chi connectivity index (χ1) is 12.9. The second-order valence-electron chi connectivity index (χ2n) is 6.28. The Bertz CT molecular complexity index is 843. The fraction of sp³-hybridized carbons (Fsp3) is 0.368. The molecule has 1 aliphatic rings. The molecule has 1 N–H and O–H groups in total. The Hall–Kier alpha value is -2.77. The maximum atomic E-state index is 13.2. The van der Waals surface area contributed by atoms with E-state index in [1.54, 1.807) is 30.3 Å². The molecule has 0 saturated heterocycles. The van der Waals surface area contributed by atoms with Gasteiger partial charge in [0.25, 0.3) is 0 Å². The highest BCUT2D eigenvalue weighted by atomic mass is 19.4. The van der Waals surface area contributed by atoms with Crippen LogP contribution in [0.4, 0.5) is 18.9 Å². The summed E-state index contributed by atoms with van der Waals surface area (Å²) in [6.07, 6.45) is -0.631. The van der Waals surface area contributed by atoms with Crippen LogP contribution < -0.4 is 10.1 Å². The molecule has 0 aliphatic heterocycles. The van der Waals surface area contributed by atoms with E-state index in [0.29, 0.717) is 36.4 Å². The second-order valence-corrected chi connectivity index (χ2v) is 6.28. The summed E-state index contributed by atoms with van der Waals surface area (Å²) < 4.78 is 46.4. The number of carbonyl (C=O) groups is 1. The predicted molar refractivity (Wildman–Crippen MR) is 94.6 cm³/mol. The molecule has 0 fully saturated rings. The lowest BCUT2D eigenvalue weighted by molar-refractivity contribution is -0.142. The highest BCUT2D eigenvalue weighted by molar-refractivity contribution is 5.92. The molecular formula is C19H20F3N3O2. The Labute approximate surface area is 154 Å². The minimum Gasteiger partial charge on any atom is -0.487 e. The van der Waals surface area contributed by atoms with Crippen LogP contribution in [0, 0.1) is 0 Å². The number of para-hydroxylation sites is 2. The molecule has 8 heteroatoms. The molecule has 5 nitrogen and oxygen atoms in total. The van der Waals surface area contributed by atoms with Gasteiger partial charge in [0.15, 0.2) is 5.69 Å². The van der Waals surface area contributed by atoms with E-state index < -0.39 is 17.8 Å². The zero-order chi connectivity index (χ0) is 19.4. The zero-order valence-corrected chi connectivity index (χ0v) is 14.7. The molecule has 0 spiro atoms. The van der Waals surface area contributed by atoms with E-state index in [4.69, 9.17) is 4.74 Å². The van der Waals surface area contributed by atoms with Gasteiger partial charge >= 0.3 is 6.18 Å². The van der Waals surface area contributed by atoms with Crippen LogP contribution in [0.5, 0.6) is 5.75 Å². The lowest BCUT2D eigenvalue weighted by Gasteiger charge is -2.15. The topological polar surface area (TPSA) is 56.1 Å². The van der Waals surface area contributed by atoms with E-state index in [2.05, 4.69) is 17.0 Å². The van der Waals surface area contributed by atoms with Gasteiger partial charge in [-0.1, -0.05) is 24.8 Å². The summed E-state index contributed by atoms with van der Waals surface area (Å²) in [6.45, 7) is 3.56. The highest BCUT2D eigenvalue weighted by Crippen LogP contribution is 2.35. The number of halogens is 3. The first kappa shape index (κ1) is 19.0. The number of alkyl halides is 3. The van der Waals surface area contributed by atoms with Crippen molar-refractivity contribution in [2.45, 2.75) is 38.4 Å². The van der Waals surface area contributed by atoms with Gasteiger partial charge in [-0.2, -0.15) is 18.3 Å². The standard InChI is InChI=1S/C19H20F3N3O2/c1-2-11-27-16-10-6-4-8-14(16)23-17(26)12-25-15-9-5-3-7-13(15)18(24-25)19(20,21)22/h2,4,6,8,10H,1,3,5,7,9,11-12H2,(H,23,26). The monoisotopic (exact) mass is 379 g/mol. The predicted octanol–water partition coefficient (Wildman–Crippen LogP) is 3.98. The van der Waals surface area contributed by atoms with Gasteiger partial charge in [0.2, 0.25) is 5.91 Å². The molecule has 0 bridgehead atoms. The minimum atomic E-state index is -4.52. The molecule has 27 heavy (non-hydrogen) atoms. The van der Waals surface area contributed by atoms with Crippen molar-refractivity contribution in [3.05, 3.63) is 53.9 Å². The van der Waals surface area contributed by atoms with Crippen molar-refractivity contribution in [1.29, 1.82) is 0 Å². The Morgan fingerprint density at radius 2 is 2.04 bits per heavy atom. The summed E-state index contributed by atoms with van der Waals surface area (Å²) in [6, 6.07) is 6.84. The number of nitrogens with one attached hydrogen (secondary N) is 1. The van der Waals surface area contributed by atoms with Gasteiger partial charge < -0.3 is 10.1 Å². The Kier molecular flexibility index (Phi) is 5.53. The van der Waals surface area contributed by atoms with E-state index in [1.165, 1.54) is 4.68 Å². The largest absolute Gasteiger partial charge is 0.487 e. The van der Waals surface area contributed by atoms with Crippen molar-refractivity contribution in [3.63, 3.8) is 0 Å². The first-order valence-electron chi connectivity index (χ1n) is 8.68. The fourth-order valence-electron chi connectivity index (χ4n) is 3.20. The number of fused-ring (bicyclic) bond motifs is 1. The third-order valence-corrected chi connectivity index (χ3v) is 4.34. The lowest BCUT2D eigenvalue weighted by Crippen LogP contribution is -2.22. The molecular weight excluding hydrogens is 359 g/mol. The molecule has 0 atom stereocenters. The molecule has 1 aromatic heterocycles. The van der Waals surface area contributed by atoms with Gasteiger partial charge in [0.05, 0.1) is 5.69 Å². The molecule has 0 radical (unpaired) electrons. The van der Waals surface area contributed by atoms with Crippen molar-refractivity contribution in [3.8, 4) is 5.75 Å². The molecule has 144 valence electrons. The molecule has 1 aromatic carbocycles. The zero-order valence-electron chi connectivity index (χ0n) is 14.7. The third-order valence-electron chi connectivity index (χ3n) is 4.34. The van der Waals surface area contributed by atoms with Crippen molar-refractivity contribution < 1.29 is 22.7 Å². The fourth-order valence-corrected chi connectivity index (χ4v) is 3.20. The second kappa shape index (κ2) is 7.85. The number of anilines is 1. The summed E-state index contributed by atoms with van der Waals surface area (Å²) >= 11 is 0. The molecule has 3 rings (SSSR count). The van der Waals surface area contributed by atoms with Gasteiger partial charge in [0, 0.05) is 11.3 Å². The summed E-state index contributed by atoms with van der Waals surface area (Å²) in [7, 11) is 0. The lowest BCUT2D eigenvalue weighted by atomic mass is 9.95. The van der Waals surface area contributed by atoms with Crippen LogP contribution in [0.1, 0.15) is 29.8 Å². The average molecular weight is 379 g/mol. The van der Waals surface area contributed by atoms with Crippen molar-refractivity contribution >= 4 is 11.6 Å². The van der Waals surface area contributed by atoms with Gasteiger partial charge in [-0.05, 0) is 37.8 Å². The van der Waals surface area contributed by atoms with Crippen LogP contribution in [-0.4, -0.2) is 22.3 Å². The third kappa shape index (κ3) is 4.32. The van der Waals surface area contributed by atoms with Gasteiger partial charge in [-0.3, -0.25) is 9.48 Å². The van der Waals surface area contributed by atoms with E-state index in [1.807, 2.05) is 0 Å². The van der Waals surface area contributed by atoms with E-state index in [9.17, 15) is 18.0 Å². The van der Waals surface area contributed by atoms with Gasteiger partial charge in [0.1, 0.15) is 18.9 Å². The Balaban J connectivity index is 1.79. The van der Waals surface area contributed by atoms with Crippen molar-refractivity contribution in [1.82, 2.24) is 9.78 Å². The van der Waals surface area contributed by atoms with Crippen LogP contribution >= 0.6 is 0 Å². The number of aromatic nitrogens is 2. The van der Waals surface area contributed by atoms with Crippen molar-refractivity contribution in [2.24, 2.45) is 0 Å². The molecule has 1 amide bonds. The van der Waals surface area contributed by atoms with Gasteiger partial charge in [-0.15, -0.1) is 0 Å². The smallest absolute Gasteiger partial charge is 0.435 e. The quantitative estimate of drug-likeness (QED) is 0.773. The summed E-state index contributed by atoms with van der Waals surface area (Å²) in [5.74, 6) is -0.00141. The molecule has 2 aromatic rings. The van der Waals surface area contributed by atoms with Crippen LogP contribution in [-0.2, 0) is 30.4 Å². The molecule has 0 unspecified atom stereocenters. The van der Waals surface area contributed by atoms with E-state index >= 15 is 0 Å². The Morgan fingerprint density at radius 3 is 2.78 bits per heavy atom. The number of nitrogens with zero attached hydrogens (tertiary/aromatic N) is 2. The number of ether oxygens (including phenoxy) is 1. The van der Waals surface area contributed by atoms with Crippen LogP contribution in [0.3, 0.4) is 0 Å². The molecule has 0 saturated carbocycles. The minimum absolute atomic E-state index is 0.219. The summed E-state index contributed by atoms with van der Waals surface area (Å²) in [5.41, 5.74) is 0.289. The van der Waals surface area contributed by atoms with Crippen LogP contribution in [0.25, 0.3) is 0 Å². The number of rotatable bonds is 6. The maximum absolute atomic E-state index is 13.2. The summed E-state index contributed by atoms with van der Waals surface area (Å²) in [4.78, 5) is 12.4. The van der Waals surface area contributed by atoms with E-state index in [0.717, 1.165) is 6.42 Å². The van der Waals surface area contributed by atoms with E-state index in [-0.39, 0.29) is 18.7 Å². The SMILES string of the molecule is C=CCOc1ccccc1NC(=O)Cn1nc(C(F)(F)F)c2c1CCCC2. The van der Waals surface area contributed by atoms with Crippen LogP contribution in [0.2, 0.25) is 0 Å². The maximum Gasteiger partial charge on any atom is 0.435 e.